The molecule has 1 rings (SSSR count). The SMILES string of the molecule is CCOC(=O)C(CC)C(=O)OC.c1ccccc1. The Kier molecular flexibility index (Phi) is 9.27. The molecule has 4 heteroatoms. The van der Waals surface area contributed by atoms with Crippen molar-refractivity contribution in [3.05, 3.63) is 36.4 Å². The second-order valence-electron chi connectivity index (χ2n) is 3.39. The summed E-state index contributed by atoms with van der Waals surface area (Å²) in [5, 5.41) is 0. The van der Waals surface area contributed by atoms with Crippen LogP contribution in [0.15, 0.2) is 36.4 Å². The van der Waals surface area contributed by atoms with Crippen LogP contribution in [0.3, 0.4) is 0 Å². The molecule has 0 N–H and O–H groups in total. The van der Waals surface area contributed by atoms with E-state index in [1.807, 2.05) is 36.4 Å². The number of rotatable bonds is 4. The molecular weight excluding hydrogens is 232 g/mol. The van der Waals surface area contributed by atoms with E-state index < -0.39 is 17.9 Å². The zero-order valence-electron chi connectivity index (χ0n) is 11.1. The predicted octanol–water partition coefficient (Wildman–Crippen LogP) is 2.44. The van der Waals surface area contributed by atoms with Crippen molar-refractivity contribution in [3.8, 4) is 0 Å². The number of methoxy groups -OCH3 is 1. The first-order valence-corrected chi connectivity index (χ1v) is 5.91. The van der Waals surface area contributed by atoms with Crippen LogP contribution in [0, 0.1) is 5.92 Å². The number of hydrogen-bond donors (Lipinski definition) is 0. The quantitative estimate of drug-likeness (QED) is 0.610. The van der Waals surface area contributed by atoms with Gasteiger partial charge in [-0.1, -0.05) is 43.3 Å². The molecule has 0 heterocycles. The van der Waals surface area contributed by atoms with Crippen molar-refractivity contribution in [2.75, 3.05) is 13.7 Å². The van der Waals surface area contributed by atoms with Crippen molar-refractivity contribution in [1.82, 2.24) is 0 Å². The Morgan fingerprint density at radius 1 is 0.944 bits per heavy atom. The Morgan fingerprint density at radius 2 is 1.39 bits per heavy atom. The van der Waals surface area contributed by atoms with Crippen molar-refractivity contribution in [2.45, 2.75) is 20.3 Å². The van der Waals surface area contributed by atoms with E-state index in [-0.39, 0.29) is 6.61 Å². The number of carbonyl (C=O) groups excluding carboxylic acids is 2. The Bertz CT molecular complexity index is 308. The first kappa shape index (κ1) is 16.2. The van der Waals surface area contributed by atoms with Crippen molar-refractivity contribution in [3.63, 3.8) is 0 Å². The molecule has 1 atom stereocenters. The lowest BCUT2D eigenvalue weighted by molar-refractivity contribution is -0.160. The maximum absolute atomic E-state index is 11.1. The van der Waals surface area contributed by atoms with E-state index in [1.165, 1.54) is 7.11 Å². The summed E-state index contributed by atoms with van der Waals surface area (Å²) < 4.78 is 9.11. The molecule has 0 saturated carbocycles. The van der Waals surface area contributed by atoms with Crippen LogP contribution in [0.1, 0.15) is 20.3 Å². The molecule has 0 bridgehead atoms. The second kappa shape index (κ2) is 10.3. The largest absolute Gasteiger partial charge is 0.468 e. The Hall–Kier alpha value is -1.84. The van der Waals surface area contributed by atoms with Crippen LogP contribution < -0.4 is 0 Å². The van der Waals surface area contributed by atoms with Crippen molar-refractivity contribution >= 4 is 11.9 Å². The van der Waals surface area contributed by atoms with E-state index >= 15 is 0 Å². The summed E-state index contributed by atoms with van der Waals surface area (Å²) in [5.74, 6) is -1.81. The highest BCUT2D eigenvalue weighted by molar-refractivity contribution is 5.94. The molecule has 1 aromatic rings. The highest BCUT2D eigenvalue weighted by Gasteiger charge is 2.26. The molecule has 0 amide bonds. The molecule has 0 aliphatic rings. The molecule has 18 heavy (non-hydrogen) atoms. The van der Waals surface area contributed by atoms with Gasteiger partial charge in [-0.25, -0.2) is 0 Å². The van der Waals surface area contributed by atoms with Crippen LogP contribution in [-0.2, 0) is 19.1 Å². The van der Waals surface area contributed by atoms with E-state index in [1.54, 1.807) is 13.8 Å². The minimum absolute atomic E-state index is 0.284. The Balaban J connectivity index is 0.000000397. The molecule has 0 aliphatic carbocycles. The highest BCUT2D eigenvalue weighted by Crippen LogP contribution is 2.06. The molecule has 0 spiro atoms. The zero-order chi connectivity index (χ0) is 13.8. The number of esters is 2. The number of ether oxygens (including phenoxy) is 2. The normalized spacial score (nSPS) is 10.6. The van der Waals surface area contributed by atoms with Gasteiger partial charge in [-0.05, 0) is 13.3 Å². The molecule has 1 unspecified atom stereocenters. The van der Waals surface area contributed by atoms with Gasteiger partial charge in [0.2, 0.25) is 0 Å². The van der Waals surface area contributed by atoms with Gasteiger partial charge in [0.25, 0.3) is 0 Å². The average Bonchev–Trinajstić information content (AvgIpc) is 2.42. The average molecular weight is 252 g/mol. The molecular formula is C14H20O4. The zero-order valence-corrected chi connectivity index (χ0v) is 11.1. The summed E-state index contributed by atoms with van der Waals surface area (Å²) in [4.78, 5) is 22.0. The van der Waals surface area contributed by atoms with E-state index in [2.05, 4.69) is 9.47 Å². The lowest BCUT2D eigenvalue weighted by Gasteiger charge is -2.10. The van der Waals surface area contributed by atoms with Crippen LogP contribution in [0.25, 0.3) is 0 Å². The molecule has 0 saturated heterocycles. The fourth-order valence-electron chi connectivity index (χ4n) is 1.20. The smallest absolute Gasteiger partial charge is 0.320 e. The van der Waals surface area contributed by atoms with Crippen LogP contribution in [0.2, 0.25) is 0 Å². The van der Waals surface area contributed by atoms with Crippen LogP contribution >= 0.6 is 0 Å². The topological polar surface area (TPSA) is 52.6 Å². The summed E-state index contributed by atoms with van der Waals surface area (Å²) in [6.07, 6.45) is 0.408. The molecule has 0 aliphatic heterocycles. The van der Waals surface area contributed by atoms with Gasteiger partial charge in [0.1, 0.15) is 0 Å². The van der Waals surface area contributed by atoms with Crippen molar-refractivity contribution < 1.29 is 19.1 Å². The highest BCUT2D eigenvalue weighted by atomic mass is 16.5. The first-order chi connectivity index (χ1) is 8.67. The van der Waals surface area contributed by atoms with Crippen LogP contribution in [-0.4, -0.2) is 25.7 Å². The lowest BCUT2D eigenvalue weighted by atomic mass is 10.1. The summed E-state index contributed by atoms with van der Waals surface area (Å²) in [5.41, 5.74) is 0. The first-order valence-electron chi connectivity index (χ1n) is 5.91. The van der Waals surface area contributed by atoms with Gasteiger partial charge in [0.15, 0.2) is 5.92 Å². The molecule has 0 radical (unpaired) electrons. The monoisotopic (exact) mass is 252 g/mol. The summed E-state index contributed by atoms with van der Waals surface area (Å²) in [7, 11) is 1.25. The fraction of sp³-hybridized carbons (Fsp3) is 0.429. The minimum Gasteiger partial charge on any atom is -0.468 e. The molecule has 1 aromatic carbocycles. The predicted molar refractivity (Wildman–Crippen MR) is 68.9 cm³/mol. The fourth-order valence-corrected chi connectivity index (χ4v) is 1.20. The maximum Gasteiger partial charge on any atom is 0.320 e. The molecule has 4 nitrogen and oxygen atoms in total. The van der Waals surface area contributed by atoms with Gasteiger partial charge >= 0.3 is 11.9 Å². The molecule has 0 aromatic heterocycles. The van der Waals surface area contributed by atoms with Gasteiger partial charge in [0, 0.05) is 0 Å². The van der Waals surface area contributed by atoms with E-state index in [4.69, 9.17) is 0 Å². The Labute approximate surface area is 108 Å². The van der Waals surface area contributed by atoms with E-state index in [9.17, 15) is 9.59 Å². The summed E-state index contributed by atoms with van der Waals surface area (Å²) in [6, 6.07) is 12.0. The van der Waals surface area contributed by atoms with Gasteiger partial charge in [0.05, 0.1) is 13.7 Å². The number of benzene rings is 1. The minimum atomic E-state index is -0.769. The van der Waals surface area contributed by atoms with E-state index in [0.717, 1.165) is 0 Å². The molecule has 100 valence electrons. The van der Waals surface area contributed by atoms with Gasteiger partial charge in [-0.2, -0.15) is 0 Å². The number of carbonyl (C=O) groups is 2. The van der Waals surface area contributed by atoms with Crippen molar-refractivity contribution in [2.24, 2.45) is 5.92 Å². The standard InChI is InChI=1S/C8H14O4.C6H6/c1-4-6(7(9)11-3)8(10)12-5-2;1-2-4-6-5-3-1/h6H,4-5H2,1-3H3;1-6H. The van der Waals surface area contributed by atoms with Crippen LogP contribution in [0.5, 0.6) is 0 Å². The van der Waals surface area contributed by atoms with Crippen LogP contribution in [0.4, 0.5) is 0 Å². The maximum atomic E-state index is 11.1. The summed E-state index contributed by atoms with van der Waals surface area (Å²) >= 11 is 0. The lowest BCUT2D eigenvalue weighted by Crippen LogP contribution is -2.26. The molecule has 0 fully saturated rings. The second-order valence-corrected chi connectivity index (χ2v) is 3.39. The third kappa shape index (κ3) is 6.68. The number of hydrogen-bond acceptors (Lipinski definition) is 4. The third-order valence-corrected chi connectivity index (χ3v) is 2.13. The van der Waals surface area contributed by atoms with Gasteiger partial charge in [-0.15, -0.1) is 0 Å². The van der Waals surface area contributed by atoms with Gasteiger partial charge in [-0.3, -0.25) is 9.59 Å². The van der Waals surface area contributed by atoms with E-state index in [0.29, 0.717) is 6.42 Å². The van der Waals surface area contributed by atoms with Crippen molar-refractivity contribution in [1.29, 1.82) is 0 Å². The third-order valence-electron chi connectivity index (χ3n) is 2.13. The van der Waals surface area contributed by atoms with Gasteiger partial charge < -0.3 is 9.47 Å². The Morgan fingerprint density at radius 3 is 1.67 bits per heavy atom. The summed E-state index contributed by atoms with van der Waals surface area (Å²) in [6.45, 7) is 3.72.